The predicted molar refractivity (Wildman–Crippen MR) is 58.0 cm³/mol. The van der Waals surface area contributed by atoms with Crippen LogP contribution in [0.1, 0.15) is 42.0 Å². The van der Waals surface area contributed by atoms with Crippen molar-refractivity contribution in [2.24, 2.45) is 0 Å². The third kappa shape index (κ3) is 1.21. The van der Waals surface area contributed by atoms with Crippen LogP contribution in [-0.2, 0) is 0 Å². The molecule has 2 rings (SSSR count). The van der Waals surface area contributed by atoms with E-state index in [2.05, 4.69) is 45.9 Å². The highest BCUT2D eigenvalue weighted by Gasteiger charge is 2.18. The highest BCUT2D eigenvalue weighted by molar-refractivity contribution is 5.67. The van der Waals surface area contributed by atoms with Crippen LogP contribution in [0.4, 0.5) is 0 Å². The SMILES string of the molecule is CC1=Cc2cc(C)c(C)cc2C1C. The number of hydrogen-bond acceptors (Lipinski definition) is 0. The quantitative estimate of drug-likeness (QED) is 0.558. The first-order chi connectivity index (χ1) is 6.09. The Kier molecular flexibility index (Phi) is 1.80. The zero-order valence-corrected chi connectivity index (χ0v) is 8.81. The maximum absolute atomic E-state index is 2.34. The molecular weight excluding hydrogens is 156 g/mol. The summed E-state index contributed by atoms with van der Waals surface area (Å²) in [7, 11) is 0. The molecule has 1 aliphatic carbocycles. The van der Waals surface area contributed by atoms with Crippen LogP contribution in [0.2, 0.25) is 0 Å². The van der Waals surface area contributed by atoms with Crippen molar-refractivity contribution in [3.05, 3.63) is 40.0 Å². The van der Waals surface area contributed by atoms with Crippen molar-refractivity contribution in [2.75, 3.05) is 0 Å². The molecule has 0 spiro atoms. The molecule has 0 heteroatoms. The summed E-state index contributed by atoms with van der Waals surface area (Å²) >= 11 is 0. The van der Waals surface area contributed by atoms with Crippen LogP contribution in [0.25, 0.3) is 6.08 Å². The molecule has 1 aromatic rings. The molecule has 0 nitrogen and oxygen atoms in total. The van der Waals surface area contributed by atoms with Gasteiger partial charge < -0.3 is 0 Å². The van der Waals surface area contributed by atoms with Gasteiger partial charge in [0.1, 0.15) is 0 Å². The summed E-state index contributed by atoms with van der Waals surface area (Å²) in [6, 6.07) is 4.64. The number of aryl methyl sites for hydroxylation is 2. The molecule has 0 saturated carbocycles. The van der Waals surface area contributed by atoms with Gasteiger partial charge in [-0.3, -0.25) is 0 Å². The minimum absolute atomic E-state index is 0.620. The maximum atomic E-state index is 2.34. The molecule has 0 amide bonds. The van der Waals surface area contributed by atoms with E-state index in [1.54, 1.807) is 0 Å². The van der Waals surface area contributed by atoms with Gasteiger partial charge in [0.15, 0.2) is 0 Å². The van der Waals surface area contributed by atoms with Gasteiger partial charge in [0, 0.05) is 5.92 Å². The van der Waals surface area contributed by atoms with Gasteiger partial charge in [0.2, 0.25) is 0 Å². The summed E-state index contributed by atoms with van der Waals surface area (Å²) in [4.78, 5) is 0. The average Bonchev–Trinajstić information content (AvgIpc) is 2.32. The van der Waals surface area contributed by atoms with Gasteiger partial charge in [0.05, 0.1) is 0 Å². The van der Waals surface area contributed by atoms with Crippen LogP contribution in [0.5, 0.6) is 0 Å². The molecular formula is C13H16. The Morgan fingerprint density at radius 3 is 2.31 bits per heavy atom. The predicted octanol–water partition coefficient (Wildman–Crippen LogP) is 3.82. The molecule has 0 heterocycles. The molecule has 0 N–H and O–H groups in total. The van der Waals surface area contributed by atoms with Gasteiger partial charge >= 0.3 is 0 Å². The van der Waals surface area contributed by atoms with Crippen molar-refractivity contribution >= 4 is 6.08 Å². The van der Waals surface area contributed by atoms with E-state index in [0.29, 0.717) is 5.92 Å². The number of rotatable bonds is 0. The molecule has 1 aromatic carbocycles. The molecule has 1 aliphatic rings. The van der Waals surface area contributed by atoms with Gasteiger partial charge in [-0.25, -0.2) is 0 Å². The fourth-order valence-electron chi connectivity index (χ4n) is 1.98. The molecule has 0 aromatic heterocycles. The van der Waals surface area contributed by atoms with E-state index >= 15 is 0 Å². The van der Waals surface area contributed by atoms with Crippen LogP contribution in [-0.4, -0.2) is 0 Å². The minimum atomic E-state index is 0.620. The lowest BCUT2D eigenvalue weighted by Crippen LogP contribution is -1.92. The number of allylic oxidation sites excluding steroid dienone is 1. The Bertz CT molecular complexity index is 383. The fourth-order valence-corrected chi connectivity index (χ4v) is 1.98. The zero-order valence-electron chi connectivity index (χ0n) is 8.81. The smallest absolute Gasteiger partial charge is 0.00264 e. The maximum Gasteiger partial charge on any atom is 0.00264 e. The highest BCUT2D eigenvalue weighted by Crippen LogP contribution is 2.36. The van der Waals surface area contributed by atoms with E-state index in [-0.39, 0.29) is 0 Å². The van der Waals surface area contributed by atoms with E-state index in [4.69, 9.17) is 0 Å². The summed E-state index contributed by atoms with van der Waals surface area (Å²) in [6.07, 6.45) is 2.31. The fraction of sp³-hybridized carbons (Fsp3) is 0.385. The van der Waals surface area contributed by atoms with E-state index in [9.17, 15) is 0 Å². The van der Waals surface area contributed by atoms with Crippen molar-refractivity contribution < 1.29 is 0 Å². The second-order valence-electron chi connectivity index (χ2n) is 4.18. The van der Waals surface area contributed by atoms with Crippen molar-refractivity contribution in [1.29, 1.82) is 0 Å². The molecule has 0 saturated heterocycles. The summed E-state index contributed by atoms with van der Waals surface area (Å²) in [5, 5.41) is 0. The Morgan fingerprint density at radius 2 is 1.62 bits per heavy atom. The topological polar surface area (TPSA) is 0 Å². The van der Waals surface area contributed by atoms with E-state index in [1.165, 1.54) is 27.8 Å². The zero-order chi connectivity index (χ0) is 9.59. The van der Waals surface area contributed by atoms with Crippen molar-refractivity contribution in [1.82, 2.24) is 0 Å². The van der Waals surface area contributed by atoms with Gasteiger partial charge in [-0.15, -0.1) is 0 Å². The van der Waals surface area contributed by atoms with Crippen molar-refractivity contribution in [2.45, 2.75) is 33.6 Å². The molecule has 0 bridgehead atoms. The van der Waals surface area contributed by atoms with Gasteiger partial charge in [0.25, 0.3) is 0 Å². The summed E-state index contributed by atoms with van der Waals surface area (Å²) in [6.45, 7) is 8.87. The monoisotopic (exact) mass is 172 g/mol. The van der Waals surface area contributed by atoms with E-state index < -0.39 is 0 Å². The number of benzene rings is 1. The molecule has 0 radical (unpaired) electrons. The molecule has 13 heavy (non-hydrogen) atoms. The van der Waals surface area contributed by atoms with Crippen molar-refractivity contribution in [3.63, 3.8) is 0 Å². The lowest BCUT2D eigenvalue weighted by molar-refractivity contribution is 0.918. The highest BCUT2D eigenvalue weighted by atomic mass is 14.2. The average molecular weight is 172 g/mol. The second-order valence-corrected chi connectivity index (χ2v) is 4.18. The van der Waals surface area contributed by atoms with Gasteiger partial charge in [-0.1, -0.05) is 30.7 Å². The summed E-state index contributed by atoms with van der Waals surface area (Å²) in [5.41, 5.74) is 7.22. The molecule has 0 fully saturated rings. The second kappa shape index (κ2) is 2.73. The Labute approximate surface area is 80.3 Å². The minimum Gasteiger partial charge on any atom is -0.0655 e. The largest absolute Gasteiger partial charge is 0.0655 e. The molecule has 1 atom stereocenters. The third-order valence-electron chi connectivity index (χ3n) is 3.23. The first-order valence-electron chi connectivity index (χ1n) is 4.89. The van der Waals surface area contributed by atoms with Crippen molar-refractivity contribution in [3.8, 4) is 0 Å². The number of fused-ring (bicyclic) bond motifs is 1. The first kappa shape index (κ1) is 8.55. The van der Waals surface area contributed by atoms with Gasteiger partial charge in [-0.2, -0.15) is 0 Å². The van der Waals surface area contributed by atoms with Crippen LogP contribution in [0, 0.1) is 13.8 Å². The first-order valence-corrected chi connectivity index (χ1v) is 4.89. The Hall–Kier alpha value is -1.04. The number of hydrogen-bond donors (Lipinski definition) is 0. The van der Waals surface area contributed by atoms with Crippen LogP contribution in [0.3, 0.4) is 0 Å². The normalized spacial score (nSPS) is 20.0. The van der Waals surface area contributed by atoms with Crippen LogP contribution < -0.4 is 0 Å². The summed E-state index contributed by atoms with van der Waals surface area (Å²) < 4.78 is 0. The molecule has 0 aliphatic heterocycles. The van der Waals surface area contributed by atoms with Crippen LogP contribution >= 0.6 is 0 Å². The standard InChI is InChI=1S/C13H16/c1-8-5-12-6-10(3)11(4)13(12)7-9(8)2/h5-7,11H,1-4H3. The molecule has 1 unspecified atom stereocenters. The lowest BCUT2D eigenvalue weighted by atomic mass is 9.95. The molecule has 68 valence electrons. The Balaban J connectivity index is 2.61. The summed E-state index contributed by atoms with van der Waals surface area (Å²) in [5.74, 6) is 0.620. The third-order valence-corrected chi connectivity index (χ3v) is 3.23. The lowest BCUT2D eigenvalue weighted by Gasteiger charge is -2.09. The van der Waals surface area contributed by atoms with E-state index in [1.807, 2.05) is 0 Å². The Morgan fingerprint density at radius 1 is 1.00 bits per heavy atom. The van der Waals surface area contributed by atoms with Gasteiger partial charge in [-0.05, 0) is 43.0 Å². The van der Waals surface area contributed by atoms with Crippen LogP contribution in [0.15, 0.2) is 17.7 Å². The van der Waals surface area contributed by atoms with E-state index in [0.717, 1.165) is 0 Å².